The lowest BCUT2D eigenvalue weighted by molar-refractivity contribution is 0.308. The van der Waals surface area contributed by atoms with E-state index in [-0.39, 0.29) is 0 Å². The van der Waals surface area contributed by atoms with Gasteiger partial charge in [-0.1, -0.05) is 26.0 Å². The Morgan fingerprint density at radius 2 is 1.81 bits per heavy atom. The molecule has 5 nitrogen and oxygen atoms in total. The number of methoxy groups -OCH3 is 1. The molecule has 0 aliphatic carbocycles. The molecule has 0 aliphatic heterocycles. The van der Waals surface area contributed by atoms with Crippen LogP contribution in [0, 0.1) is 0 Å². The number of nitrogens with one attached hydrogen (secondary N) is 2. The minimum atomic E-state index is 0.745. The molecule has 0 atom stereocenters. The molecule has 21 heavy (non-hydrogen) atoms. The van der Waals surface area contributed by atoms with Gasteiger partial charge in [0.25, 0.3) is 0 Å². The summed E-state index contributed by atoms with van der Waals surface area (Å²) in [6.45, 7) is 9.18. The molecule has 0 amide bonds. The Morgan fingerprint density at radius 3 is 2.33 bits per heavy atom. The van der Waals surface area contributed by atoms with Gasteiger partial charge in [-0.2, -0.15) is 0 Å². The molecule has 0 aromatic heterocycles. The maximum Gasteiger partial charge on any atom is 0.191 e. The fourth-order valence-electron chi connectivity index (χ4n) is 2.02. The Balaban J connectivity index is 2.33. The van der Waals surface area contributed by atoms with Crippen molar-refractivity contribution in [2.75, 3.05) is 40.3 Å². The summed E-state index contributed by atoms with van der Waals surface area (Å²) in [4.78, 5) is 6.62. The molecule has 0 saturated carbocycles. The third kappa shape index (κ3) is 6.49. The fraction of sp³-hybridized carbons (Fsp3) is 0.562. The summed E-state index contributed by atoms with van der Waals surface area (Å²) < 4.78 is 5.15. The lowest BCUT2D eigenvalue weighted by Gasteiger charge is -2.19. The molecule has 0 unspecified atom stereocenters. The molecule has 0 heterocycles. The van der Waals surface area contributed by atoms with E-state index in [1.54, 1.807) is 14.2 Å². The van der Waals surface area contributed by atoms with E-state index in [1.807, 2.05) is 12.1 Å². The molecule has 0 aliphatic rings. The number of nitrogens with zero attached hydrogens (tertiary/aromatic N) is 2. The molecule has 0 fully saturated rings. The summed E-state index contributed by atoms with van der Waals surface area (Å²) >= 11 is 0. The third-order valence-electron chi connectivity index (χ3n) is 3.46. The van der Waals surface area contributed by atoms with Gasteiger partial charge >= 0.3 is 0 Å². The Morgan fingerprint density at radius 1 is 1.14 bits per heavy atom. The lowest BCUT2D eigenvalue weighted by Crippen LogP contribution is -2.41. The normalized spacial score (nSPS) is 11.6. The first-order chi connectivity index (χ1) is 10.2. The quantitative estimate of drug-likeness (QED) is 0.565. The SMILES string of the molecule is CCN(CC)CCNC(=NC)NCc1ccc(OC)cc1. The van der Waals surface area contributed by atoms with E-state index < -0.39 is 0 Å². The van der Waals surface area contributed by atoms with Gasteiger partial charge < -0.3 is 20.3 Å². The van der Waals surface area contributed by atoms with Gasteiger partial charge in [0.15, 0.2) is 5.96 Å². The van der Waals surface area contributed by atoms with Crippen LogP contribution in [0.1, 0.15) is 19.4 Å². The van der Waals surface area contributed by atoms with Crippen molar-refractivity contribution in [3.05, 3.63) is 29.8 Å². The number of guanidine groups is 1. The second-order valence-electron chi connectivity index (χ2n) is 4.73. The van der Waals surface area contributed by atoms with Crippen LogP contribution >= 0.6 is 0 Å². The number of hydrogen-bond acceptors (Lipinski definition) is 3. The predicted molar refractivity (Wildman–Crippen MR) is 89.0 cm³/mol. The Bertz CT molecular complexity index is 413. The number of ether oxygens (including phenoxy) is 1. The molecular weight excluding hydrogens is 264 g/mol. The van der Waals surface area contributed by atoms with Crippen molar-refractivity contribution in [3.8, 4) is 5.75 Å². The first-order valence-corrected chi connectivity index (χ1v) is 7.53. The fourth-order valence-corrected chi connectivity index (χ4v) is 2.02. The highest BCUT2D eigenvalue weighted by Crippen LogP contribution is 2.10. The lowest BCUT2D eigenvalue weighted by atomic mass is 10.2. The maximum atomic E-state index is 5.15. The maximum absolute atomic E-state index is 5.15. The summed E-state index contributed by atoms with van der Waals surface area (Å²) in [6.07, 6.45) is 0. The smallest absolute Gasteiger partial charge is 0.191 e. The van der Waals surface area contributed by atoms with Crippen LogP contribution in [-0.4, -0.2) is 51.2 Å². The van der Waals surface area contributed by atoms with Crippen LogP contribution in [0.15, 0.2) is 29.3 Å². The van der Waals surface area contributed by atoms with Crippen LogP contribution in [0.2, 0.25) is 0 Å². The molecular formula is C16H28N4O. The standard InChI is InChI=1S/C16H28N4O/c1-5-20(6-2)12-11-18-16(17-3)19-13-14-7-9-15(21-4)10-8-14/h7-10H,5-6,11-13H2,1-4H3,(H2,17,18,19). The Hall–Kier alpha value is -1.75. The number of benzene rings is 1. The minimum Gasteiger partial charge on any atom is -0.497 e. The molecule has 0 bridgehead atoms. The molecule has 2 N–H and O–H groups in total. The molecule has 0 radical (unpaired) electrons. The van der Waals surface area contributed by atoms with Crippen LogP contribution in [0.4, 0.5) is 0 Å². The average Bonchev–Trinajstić information content (AvgIpc) is 2.55. The van der Waals surface area contributed by atoms with Gasteiger partial charge in [-0.3, -0.25) is 4.99 Å². The van der Waals surface area contributed by atoms with E-state index in [2.05, 4.69) is 46.5 Å². The van der Waals surface area contributed by atoms with Crippen molar-refractivity contribution in [1.82, 2.24) is 15.5 Å². The van der Waals surface area contributed by atoms with Crippen molar-refractivity contribution in [2.45, 2.75) is 20.4 Å². The van der Waals surface area contributed by atoms with Crippen molar-refractivity contribution < 1.29 is 4.74 Å². The zero-order chi connectivity index (χ0) is 15.5. The van der Waals surface area contributed by atoms with Crippen LogP contribution in [0.5, 0.6) is 5.75 Å². The highest BCUT2D eigenvalue weighted by molar-refractivity contribution is 5.79. The van der Waals surface area contributed by atoms with E-state index in [4.69, 9.17) is 4.74 Å². The van der Waals surface area contributed by atoms with Crippen LogP contribution in [0.25, 0.3) is 0 Å². The number of rotatable bonds is 8. The average molecular weight is 292 g/mol. The topological polar surface area (TPSA) is 48.9 Å². The minimum absolute atomic E-state index is 0.745. The monoisotopic (exact) mass is 292 g/mol. The predicted octanol–water partition coefficient (Wildman–Crippen LogP) is 1.70. The van der Waals surface area contributed by atoms with Gasteiger partial charge in [0.2, 0.25) is 0 Å². The van der Waals surface area contributed by atoms with Crippen molar-refractivity contribution in [3.63, 3.8) is 0 Å². The van der Waals surface area contributed by atoms with Gasteiger partial charge in [0.05, 0.1) is 7.11 Å². The van der Waals surface area contributed by atoms with Gasteiger partial charge in [-0.25, -0.2) is 0 Å². The number of aliphatic imine (C=N–C) groups is 1. The summed E-state index contributed by atoms with van der Waals surface area (Å²) in [5.41, 5.74) is 1.20. The molecule has 0 saturated heterocycles. The van der Waals surface area contributed by atoms with Crippen LogP contribution in [0.3, 0.4) is 0 Å². The van der Waals surface area contributed by atoms with E-state index in [1.165, 1.54) is 5.56 Å². The molecule has 1 aromatic rings. The first kappa shape index (κ1) is 17.3. The van der Waals surface area contributed by atoms with Crippen LogP contribution in [-0.2, 0) is 6.54 Å². The van der Waals surface area contributed by atoms with E-state index >= 15 is 0 Å². The molecule has 5 heteroatoms. The largest absolute Gasteiger partial charge is 0.497 e. The molecule has 1 aromatic carbocycles. The Kier molecular flexibility index (Phi) is 8.28. The van der Waals surface area contributed by atoms with Gasteiger partial charge in [0, 0.05) is 26.7 Å². The van der Waals surface area contributed by atoms with Crippen molar-refractivity contribution in [1.29, 1.82) is 0 Å². The Labute approximate surface area is 128 Å². The highest BCUT2D eigenvalue weighted by Gasteiger charge is 2.01. The van der Waals surface area contributed by atoms with Gasteiger partial charge in [-0.15, -0.1) is 0 Å². The first-order valence-electron chi connectivity index (χ1n) is 7.53. The summed E-state index contributed by atoms with van der Waals surface area (Å²) in [5, 5.41) is 6.65. The summed E-state index contributed by atoms with van der Waals surface area (Å²) in [6, 6.07) is 8.03. The van der Waals surface area contributed by atoms with Gasteiger partial charge in [-0.05, 0) is 30.8 Å². The van der Waals surface area contributed by atoms with Crippen molar-refractivity contribution in [2.24, 2.45) is 4.99 Å². The summed E-state index contributed by atoms with van der Waals surface area (Å²) in [5.74, 6) is 1.71. The highest BCUT2D eigenvalue weighted by atomic mass is 16.5. The zero-order valence-corrected chi connectivity index (χ0v) is 13.6. The van der Waals surface area contributed by atoms with E-state index in [0.29, 0.717) is 0 Å². The number of hydrogen-bond donors (Lipinski definition) is 2. The molecule has 118 valence electrons. The molecule has 0 spiro atoms. The second-order valence-corrected chi connectivity index (χ2v) is 4.73. The second kappa shape index (κ2) is 10.0. The van der Waals surface area contributed by atoms with E-state index in [0.717, 1.165) is 44.4 Å². The number of likely N-dealkylation sites (N-methyl/N-ethyl adjacent to an activating group) is 1. The van der Waals surface area contributed by atoms with E-state index in [9.17, 15) is 0 Å². The van der Waals surface area contributed by atoms with Gasteiger partial charge in [0.1, 0.15) is 5.75 Å². The molecule has 1 rings (SSSR count). The summed E-state index contributed by atoms with van der Waals surface area (Å²) in [7, 11) is 3.47. The zero-order valence-electron chi connectivity index (χ0n) is 13.6. The van der Waals surface area contributed by atoms with Crippen LogP contribution < -0.4 is 15.4 Å². The van der Waals surface area contributed by atoms with Crippen molar-refractivity contribution >= 4 is 5.96 Å². The third-order valence-corrected chi connectivity index (χ3v) is 3.46.